The largest absolute Gasteiger partial charge is 0.378 e. The zero-order valence-electron chi connectivity index (χ0n) is 18.9. The smallest absolute Gasteiger partial charge is 0.185 e. The minimum atomic E-state index is -0.0998. The van der Waals surface area contributed by atoms with Crippen LogP contribution in [0.4, 0.5) is 11.4 Å². The van der Waals surface area contributed by atoms with Crippen molar-refractivity contribution in [2.24, 2.45) is 0 Å². The van der Waals surface area contributed by atoms with Gasteiger partial charge < -0.3 is 9.80 Å². The van der Waals surface area contributed by atoms with Crippen LogP contribution in [0.3, 0.4) is 0 Å². The van der Waals surface area contributed by atoms with Gasteiger partial charge in [-0.15, -0.1) is 0 Å². The number of hydrogen-bond donors (Lipinski definition) is 0. The molecule has 0 aliphatic carbocycles. The molecule has 0 heterocycles. The molecule has 0 amide bonds. The van der Waals surface area contributed by atoms with E-state index in [9.17, 15) is 9.59 Å². The van der Waals surface area contributed by atoms with Crippen LogP contribution in [-0.4, -0.2) is 39.8 Å². The van der Waals surface area contributed by atoms with Gasteiger partial charge in [0, 0.05) is 50.7 Å². The minimum Gasteiger partial charge on any atom is -0.378 e. The van der Waals surface area contributed by atoms with Crippen molar-refractivity contribution in [3.05, 3.63) is 107 Å². The molecule has 4 heteroatoms. The number of ketones is 2. The molecule has 32 heavy (non-hydrogen) atoms. The van der Waals surface area contributed by atoms with Crippen LogP contribution in [0.25, 0.3) is 12.2 Å². The summed E-state index contributed by atoms with van der Waals surface area (Å²) >= 11 is 0. The lowest BCUT2D eigenvalue weighted by atomic mass is 10.0. The maximum Gasteiger partial charge on any atom is 0.185 e. The third-order valence-corrected chi connectivity index (χ3v) is 5.13. The van der Waals surface area contributed by atoms with E-state index in [1.165, 1.54) is 0 Å². The summed E-state index contributed by atoms with van der Waals surface area (Å²) in [5.41, 5.74) is 5.22. The third-order valence-electron chi connectivity index (χ3n) is 5.13. The highest BCUT2D eigenvalue weighted by molar-refractivity contribution is 6.09. The zero-order chi connectivity index (χ0) is 23.1. The fraction of sp³-hybridized carbons (Fsp3) is 0.143. The lowest BCUT2D eigenvalue weighted by Gasteiger charge is -2.11. The number of benzene rings is 3. The van der Waals surface area contributed by atoms with Crippen LogP contribution < -0.4 is 9.80 Å². The second-order valence-electron chi connectivity index (χ2n) is 7.94. The molecule has 0 aliphatic heterocycles. The number of hydrogen-bond acceptors (Lipinski definition) is 4. The first kappa shape index (κ1) is 22.8. The van der Waals surface area contributed by atoms with Gasteiger partial charge in [0.05, 0.1) is 0 Å². The third kappa shape index (κ3) is 6.05. The van der Waals surface area contributed by atoms with Gasteiger partial charge >= 0.3 is 0 Å². The maximum atomic E-state index is 12.5. The highest BCUT2D eigenvalue weighted by Crippen LogP contribution is 2.15. The summed E-state index contributed by atoms with van der Waals surface area (Å²) in [6.45, 7) is 0. The second-order valence-corrected chi connectivity index (χ2v) is 7.94. The van der Waals surface area contributed by atoms with E-state index in [0.717, 1.165) is 22.5 Å². The maximum absolute atomic E-state index is 12.5. The van der Waals surface area contributed by atoms with Gasteiger partial charge in [-0.05, 0) is 47.5 Å². The van der Waals surface area contributed by atoms with Gasteiger partial charge in [0.2, 0.25) is 0 Å². The van der Waals surface area contributed by atoms with Gasteiger partial charge in [-0.2, -0.15) is 0 Å². The Morgan fingerprint density at radius 2 is 0.844 bits per heavy atom. The number of allylic oxidation sites excluding steroid dienone is 2. The molecule has 4 nitrogen and oxygen atoms in total. The summed E-state index contributed by atoms with van der Waals surface area (Å²) in [5.74, 6) is -0.200. The van der Waals surface area contributed by atoms with Gasteiger partial charge in [0.15, 0.2) is 11.6 Å². The van der Waals surface area contributed by atoms with E-state index in [0.29, 0.717) is 11.1 Å². The lowest BCUT2D eigenvalue weighted by Crippen LogP contribution is -2.07. The lowest BCUT2D eigenvalue weighted by molar-refractivity contribution is 0.103. The molecule has 3 aromatic rings. The van der Waals surface area contributed by atoms with Crippen molar-refractivity contribution in [2.75, 3.05) is 38.0 Å². The molecule has 0 saturated heterocycles. The molecule has 0 unspecified atom stereocenters. The molecule has 0 atom stereocenters. The highest BCUT2D eigenvalue weighted by atomic mass is 16.1. The van der Waals surface area contributed by atoms with Crippen LogP contribution >= 0.6 is 0 Å². The second kappa shape index (κ2) is 10.4. The Balaban J connectivity index is 1.61. The molecule has 162 valence electrons. The Labute approximate surface area is 190 Å². The van der Waals surface area contributed by atoms with Gasteiger partial charge in [0.25, 0.3) is 0 Å². The number of rotatable bonds is 8. The molecule has 0 fully saturated rings. The van der Waals surface area contributed by atoms with Crippen molar-refractivity contribution in [3.8, 4) is 0 Å². The SMILES string of the molecule is CN(C)c1ccc(/C=C/C(=O)c2ccc(C(=O)/C=C/c3ccc(N(C)C)cc3)cc2)cc1. The number of carbonyl (C=O) groups is 2. The average Bonchev–Trinajstić information content (AvgIpc) is 2.81. The van der Waals surface area contributed by atoms with Crippen LogP contribution in [0, 0.1) is 0 Å². The van der Waals surface area contributed by atoms with Crippen molar-refractivity contribution < 1.29 is 9.59 Å². The number of carbonyl (C=O) groups excluding carboxylic acids is 2. The molecule has 0 aromatic heterocycles. The predicted molar refractivity (Wildman–Crippen MR) is 135 cm³/mol. The van der Waals surface area contributed by atoms with Crippen LogP contribution in [0.1, 0.15) is 31.8 Å². The summed E-state index contributed by atoms with van der Waals surface area (Å²) in [6.07, 6.45) is 6.70. The molecule has 0 aliphatic rings. The molecule has 0 bridgehead atoms. The number of anilines is 2. The Morgan fingerprint density at radius 1 is 0.531 bits per heavy atom. The van der Waals surface area contributed by atoms with Crippen molar-refractivity contribution in [2.45, 2.75) is 0 Å². The molecule has 3 rings (SSSR count). The Hall–Kier alpha value is -3.92. The van der Waals surface area contributed by atoms with Gasteiger partial charge in [0.1, 0.15) is 0 Å². The van der Waals surface area contributed by atoms with Crippen molar-refractivity contribution >= 4 is 35.1 Å². The van der Waals surface area contributed by atoms with Crippen LogP contribution in [0.2, 0.25) is 0 Å². The van der Waals surface area contributed by atoms with Crippen LogP contribution in [-0.2, 0) is 0 Å². The molecular formula is C28H28N2O2. The molecule has 0 radical (unpaired) electrons. The Morgan fingerprint density at radius 3 is 1.12 bits per heavy atom. The van der Waals surface area contributed by atoms with E-state index in [-0.39, 0.29) is 11.6 Å². The normalized spacial score (nSPS) is 11.1. The van der Waals surface area contributed by atoms with E-state index in [1.807, 2.05) is 86.5 Å². The van der Waals surface area contributed by atoms with Gasteiger partial charge in [-0.25, -0.2) is 0 Å². The van der Waals surface area contributed by atoms with Gasteiger partial charge in [-0.3, -0.25) is 9.59 Å². The minimum absolute atomic E-state index is 0.0998. The molecule has 3 aromatic carbocycles. The fourth-order valence-electron chi connectivity index (χ4n) is 3.10. The van der Waals surface area contributed by atoms with E-state index in [2.05, 4.69) is 0 Å². The van der Waals surface area contributed by atoms with Crippen molar-refractivity contribution in [1.82, 2.24) is 0 Å². The summed E-state index contributed by atoms with van der Waals surface area (Å²) in [7, 11) is 7.95. The summed E-state index contributed by atoms with van der Waals surface area (Å²) < 4.78 is 0. The molecule has 0 N–H and O–H groups in total. The Bertz CT molecular complexity index is 1030. The Kier molecular flexibility index (Phi) is 7.40. The van der Waals surface area contributed by atoms with E-state index < -0.39 is 0 Å². The molecule has 0 spiro atoms. The van der Waals surface area contributed by atoms with E-state index >= 15 is 0 Å². The quantitative estimate of drug-likeness (QED) is 0.348. The van der Waals surface area contributed by atoms with Crippen LogP contribution in [0.5, 0.6) is 0 Å². The first-order valence-corrected chi connectivity index (χ1v) is 10.4. The first-order chi connectivity index (χ1) is 15.3. The number of nitrogens with zero attached hydrogens (tertiary/aromatic N) is 2. The van der Waals surface area contributed by atoms with Crippen molar-refractivity contribution in [1.29, 1.82) is 0 Å². The molecule has 0 saturated carbocycles. The molecular weight excluding hydrogens is 396 g/mol. The first-order valence-electron chi connectivity index (χ1n) is 10.4. The van der Waals surface area contributed by atoms with Crippen LogP contribution in [0.15, 0.2) is 84.9 Å². The fourth-order valence-corrected chi connectivity index (χ4v) is 3.10. The summed E-state index contributed by atoms with van der Waals surface area (Å²) in [5, 5.41) is 0. The summed E-state index contributed by atoms with van der Waals surface area (Å²) in [4.78, 5) is 29.0. The summed E-state index contributed by atoms with van der Waals surface area (Å²) in [6, 6.07) is 22.7. The monoisotopic (exact) mass is 424 g/mol. The zero-order valence-corrected chi connectivity index (χ0v) is 18.9. The van der Waals surface area contributed by atoms with E-state index in [1.54, 1.807) is 48.6 Å². The predicted octanol–water partition coefficient (Wildman–Crippen LogP) is 5.61. The highest BCUT2D eigenvalue weighted by Gasteiger charge is 2.06. The topological polar surface area (TPSA) is 40.6 Å². The average molecular weight is 425 g/mol. The van der Waals surface area contributed by atoms with Crippen molar-refractivity contribution in [3.63, 3.8) is 0 Å². The standard InChI is InChI=1S/C28H28N2O2/c1-29(2)25-15-5-21(6-16-25)9-19-27(31)23-11-13-24(14-12-23)28(32)20-10-22-7-17-26(18-8-22)30(3)4/h5-20H,1-4H3/b19-9+,20-10+. The van der Waals surface area contributed by atoms with E-state index in [4.69, 9.17) is 0 Å². The van der Waals surface area contributed by atoms with Gasteiger partial charge in [-0.1, -0.05) is 60.7 Å².